The third-order valence-corrected chi connectivity index (χ3v) is 7.23. The van der Waals surface area contributed by atoms with Crippen molar-refractivity contribution in [1.82, 2.24) is 14.7 Å². The lowest BCUT2D eigenvalue weighted by molar-refractivity contribution is 0.118. The van der Waals surface area contributed by atoms with Crippen LogP contribution in [-0.4, -0.2) is 60.5 Å². The zero-order chi connectivity index (χ0) is 16.9. The van der Waals surface area contributed by atoms with Gasteiger partial charge in [-0.2, -0.15) is 0 Å². The normalized spacial score (nSPS) is 27.1. The van der Waals surface area contributed by atoms with Gasteiger partial charge in [0.1, 0.15) is 0 Å². The second kappa shape index (κ2) is 8.98. The van der Waals surface area contributed by atoms with E-state index >= 15 is 0 Å². The summed E-state index contributed by atoms with van der Waals surface area (Å²) < 4.78 is 0. The van der Waals surface area contributed by atoms with E-state index in [0.29, 0.717) is 0 Å². The van der Waals surface area contributed by atoms with Gasteiger partial charge in [0.25, 0.3) is 0 Å². The average Bonchev–Trinajstić information content (AvgIpc) is 3.29. The highest BCUT2D eigenvalue weighted by atomic mass is 32.1. The Balaban J connectivity index is 1.24. The van der Waals surface area contributed by atoms with Gasteiger partial charge in [0.2, 0.25) is 0 Å². The van der Waals surface area contributed by atoms with Crippen molar-refractivity contribution >= 4 is 11.3 Å². The largest absolute Gasteiger partial charge is 0.303 e. The van der Waals surface area contributed by atoms with Crippen molar-refractivity contribution < 1.29 is 0 Å². The van der Waals surface area contributed by atoms with E-state index in [1.54, 1.807) is 10.4 Å². The molecule has 3 aliphatic heterocycles. The first-order valence-electron chi connectivity index (χ1n) is 10.6. The third-order valence-electron chi connectivity index (χ3n) is 6.26. The Bertz CT molecular complexity index is 517. The third kappa shape index (κ3) is 5.29. The van der Waals surface area contributed by atoms with E-state index in [-0.39, 0.29) is 0 Å². The van der Waals surface area contributed by atoms with E-state index in [0.717, 1.165) is 5.92 Å². The molecule has 140 valence electrons. The van der Waals surface area contributed by atoms with Crippen molar-refractivity contribution in [2.24, 2.45) is 5.92 Å². The fraction of sp³-hybridized carbons (Fsp3) is 0.810. The first-order valence-corrected chi connectivity index (χ1v) is 11.5. The summed E-state index contributed by atoms with van der Waals surface area (Å²) in [5.41, 5.74) is 1.55. The molecule has 1 atom stereocenters. The van der Waals surface area contributed by atoms with Crippen LogP contribution in [0.2, 0.25) is 0 Å². The number of hydrogen-bond donors (Lipinski definition) is 0. The highest BCUT2D eigenvalue weighted by Crippen LogP contribution is 2.24. The minimum atomic E-state index is 0.899. The van der Waals surface area contributed by atoms with Gasteiger partial charge in [-0.1, -0.05) is 6.42 Å². The van der Waals surface area contributed by atoms with Crippen molar-refractivity contribution in [3.63, 3.8) is 0 Å². The molecule has 0 radical (unpaired) electrons. The molecule has 3 nitrogen and oxygen atoms in total. The molecule has 1 unspecified atom stereocenters. The molecular formula is C21H35N3S. The summed E-state index contributed by atoms with van der Waals surface area (Å²) in [5, 5.41) is 2.41. The zero-order valence-electron chi connectivity index (χ0n) is 15.8. The quantitative estimate of drug-likeness (QED) is 0.757. The first-order chi connectivity index (χ1) is 12.3. The summed E-state index contributed by atoms with van der Waals surface area (Å²) in [6.07, 6.45) is 9.91. The number of hydrogen-bond acceptors (Lipinski definition) is 4. The second-order valence-electron chi connectivity index (χ2n) is 8.51. The van der Waals surface area contributed by atoms with E-state index < -0.39 is 0 Å². The lowest BCUT2D eigenvalue weighted by Gasteiger charge is -2.36. The lowest BCUT2D eigenvalue weighted by Crippen LogP contribution is -2.42. The summed E-state index contributed by atoms with van der Waals surface area (Å²) >= 11 is 1.98. The molecule has 0 aliphatic carbocycles. The smallest absolute Gasteiger partial charge is 0.0328 e. The Morgan fingerprint density at radius 3 is 2.36 bits per heavy atom. The van der Waals surface area contributed by atoms with E-state index in [4.69, 9.17) is 0 Å². The number of likely N-dealkylation sites (tertiary alicyclic amines) is 3. The number of nitrogens with zero attached hydrogens (tertiary/aromatic N) is 3. The van der Waals surface area contributed by atoms with Gasteiger partial charge in [0.05, 0.1) is 0 Å². The molecule has 3 saturated heterocycles. The molecule has 1 aromatic heterocycles. The standard InChI is InChI=1S/C21H35N3S/c1-2-8-22(9-3-1)14-19-7-6-12-24(15-19)17-21-13-20(18-25-21)16-23-10-4-5-11-23/h13,18-19H,1-12,14-17H2. The van der Waals surface area contributed by atoms with Crippen LogP contribution in [0, 0.1) is 5.92 Å². The number of rotatable bonds is 6. The van der Waals surface area contributed by atoms with Crippen LogP contribution in [0.5, 0.6) is 0 Å². The molecule has 3 aliphatic rings. The number of thiophene rings is 1. The topological polar surface area (TPSA) is 9.72 Å². The number of piperidine rings is 2. The molecular weight excluding hydrogens is 326 g/mol. The van der Waals surface area contributed by atoms with Crippen LogP contribution in [-0.2, 0) is 13.1 Å². The van der Waals surface area contributed by atoms with E-state index in [1.165, 1.54) is 104 Å². The van der Waals surface area contributed by atoms with E-state index in [2.05, 4.69) is 26.1 Å². The van der Waals surface area contributed by atoms with Crippen LogP contribution in [0.4, 0.5) is 0 Å². The molecule has 4 heterocycles. The molecule has 0 bridgehead atoms. The molecule has 0 saturated carbocycles. The van der Waals surface area contributed by atoms with E-state index in [1.807, 2.05) is 11.3 Å². The Hall–Kier alpha value is -0.420. The summed E-state index contributed by atoms with van der Waals surface area (Å²) in [6, 6.07) is 2.48. The van der Waals surface area contributed by atoms with Gasteiger partial charge in [-0.15, -0.1) is 11.3 Å². The van der Waals surface area contributed by atoms with Crippen LogP contribution in [0.25, 0.3) is 0 Å². The Labute approximate surface area is 158 Å². The Kier molecular flexibility index (Phi) is 6.46. The predicted octanol–water partition coefficient (Wildman–Crippen LogP) is 4.04. The zero-order valence-corrected chi connectivity index (χ0v) is 16.6. The van der Waals surface area contributed by atoms with Crippen LogP contribution in [0.1, 0.15) is 55.4 Å². The minimum absolute atomic E-state index is 0.899. The van der Waals surface area contributed by atoms with Gasteiger partial charge in [0, 0.05) is 31.1 Å². The molecule has 0 amide bonds. The van der Waals surface area contributed by atoms with Gasteiger partial charge in [0.15, 0.2) is 0 Å². The molecule has 3 fully saturated rings. The fourth-order valence-corrected chi connectivity index (χ4v) is 5.88. The molecule has 0 spiro atoms. The van der Waals surface area contributed by atoms with Gasteiger partial charge in [-0.25, -0.2) is 0 Å². The maximum absolute atomic E-state index is 2.73. The first kappa shape index (κ1) is 18.0. The SMILES string of the molecule is c1sc(CN2CCCC(CN3CCCCC3)C2)cc1CN1CCCC1. The molecule has 4 heteroatoms. The van der Waals surface area contributed by atoms with Crippen molar-refractivity contribution in [3.05, 3.63) is 21.9 Å². The molecule has 0 N–H and O–H groups in total. The van der Waals surface area contributed by atoms with Crippen molar-refractivity contribution in [3.8, 4) is 0 Å². The van der Waals surface area contributed by atoms with Crippen molar-refractivity contribution in [1.29, 1.82) is 0 Å². The van der Waals surface area contributed by atoms with Crippen LogP contribution in [0.15, 0.2) is 11.4 Å². The van der Waals surface area contributed by atoms with Gasteiger partial charge < -0.3 is 4.90 Å². The fourth-order valence-electron chi connectivity index (χ4n) is 4.96. The maximum atomic E-state index is 2.73. The summed E-state index contributed by atoms with van der Waals surface area (Å²) in [7, 11) is 0. The minimum Gasteiger partial charge on any atom is -0.303 e. The van der Waals surface area contributed by atoms with Gasteiger partial charge in [-0.3, -0.25) is 9.80 Å². The average molecular weight is 362 g/mol. The maximum Gasteiger partial charge on any atom is 0.0328 e. The van der Waals surface area contributed by atoms with E-state index in [9.17, 15) is 0 Å². The molecule has 1 aromatic rings. The van der Waals surface area contributed by atoms with Crippen LogP contribution < -0.4 is 0 Å². The second-order valence-corrected chi connectivity index (χ2v) is 9.50. The predicted molar refractivity (Wildman–Crippen MR) is 107 cm³/mol. The Morgan fingerprint density at radius 2 is 1.52 bits per heavy atom. The molecule has 25 heavy (non-hydrogen) atoms. The van der Waals surface area contributed by atoms with Crippen molar-refractivity contribution in [2.75, 3.05) is 45.8 Å². The summed E-state index contributed by atoms with van der Waals surface area (Å²) in [4.78, 5) is 9.65. The lowest BCUT2D eigenvalue weighted by atomic mass is 9.96. The molecule has 0 aromatic carbocycles. The summed E-state index contributed by atoms with van der Waals surface area (Å²) in [6.45, 7) is 11.6. The monoisotopic (exact) mass is 361 g/mol. The molecule has 4 rings (SSSR count). The van der Waals surface area contributed by atoms with Crippen LogP contribution in [0.3, 0.4) is 0 Å². The van der Waals surface area contributed by atoms with Gasteiger partial charge >= 0.3 is 0 Å². The highest BCUT2D eigenvalue weighted by Gasteiger charge is 2.23. The van der Waals surface area contributed by atoms with Gasteiger partial charge in [-0.05, 0) is 94.2 Å². The Morgan fingerprint density at radius 1 is 0.800 bits per heavy atom. The van der Waals surface area contributed by atoms with Crippen LogP contribution >= 0.6 is 11.3 Å². The highest BCUT2D eigenvalue weighted by molar-refractivity contribution is 7.10. The summed E-state index contributed by atoms with van der Waals surface area (Å²) in [5.74, 6) is 0.899. The van der Waals surface area contributed by atoms with Crippen molar-refractivity contribution in [2.45, 2.75) is 58.0 Å².